The Hall–Kier alpha value is -3.11. The molecule has 2 N–H and O–H groups in total. The minimum atomic E-state index is -3.62. The molecular formula is C25H31N3O6S. The number of fused-ring (bicyclic) bond motifs is 1. The van der Waals surface area contributed by atoms with Gasteiger partial charge in [-0.15, -0.1) is 0 Å². The highest BCUT2D eigenvalue weighted by Crippen LogP contribution is 2.33. The third-order valence-electron chi connectivity index (χ3n) is 6.26. The number of carbonyl (C=O) groups is 2. The number of ether oxygens (including phenoxy) is 2. The minimum Gasteiger partial charge on any atom is -0.454 e. The SMILES string of the molecule is Cc1ccc(S(=O)(=O)N2CCC([C@@H](NC(=O)c3ccc4c(c3)OCO4)C(=O)NC(C)C)CC2)cc1. The molecule has 0 unspecified atom stereocenters. The van der Waals surface area contributed by atoms with E-state index in [2.05, 4.69) is 10.6 Å². The fraction of sp³-hybridized carbons (Fsp3) is 0.440. The van der Waals surface area contributed by atoms with Crippen molar-refractivity contribution in [1.29, 1.82) is 0 Å². The summed E-state index contributed by atoms with van der Waals surface area (Å²) in [6.07, 6.45) is 0.894. The summed E-state index contributed by atoms with van der Waals surface area (Å²) in [5.74, 6) is 0.153. The maximum atomic E-state index is 13.1. The second-order valence-electron chi connectivity index (χ2n) is 9.24. The molecule has 0 saturated carbocycles. The van der Waals surface area contributed by atoms with Gasteiger partial charge in [-0.3, -0.25) is 9.59 Å². The van der Waals surface area contributed by atoms with Gasteiger partial charge in [-0.25, -0.2) is 8.42 Å². The molecule has 2 aromatic rings. The van der Waals surface area contributed by atoms with Crippen LogP contribution < -0.4 is 20.1 Å². The number of hydrogen-bond acceptors (Lipinski definition) is 6. The van der Waals surface area contributed by atoms with E-state index in [1.807, 2.05) is 20.8 Å². The van der Waals surface area contributed by atoms with Crippen LogP contribution in [0.25, 0.3) is 0 Å². The topological polar surface area (TPSA) is 114 Å². The zero-order chi connectivity index (χ0) is 25.2. The van der Waals surface area contributed by atoms with Gasteiger partial charge in [0.05, 0.1) is 4.90 Å². The van der Waals surface area contributed by atoms with Gasteiger partial charge in [-0.05, 0) is 69.9 Å². The van der Waals surface area contributed by atoms with Crippen LogP contribution >= 0.6 is 0 Å². The second kappa shape index (κ2) is 10.2. The first-order chi connectivity index (χ1) is 16.6. The highest BCUT2D eigenvalue weighted by Gasteiger charge is 2.36. The van der Waals surface area contributed by atoms with Crippen LogP contribution in [0.1, 0.15) is 42.6 Å². The van der Waals surface area contributed by atoms with E-state index in [0.29, 0.717) is 29.9 Å². The van der Waals surface area contributed by atoms with E-state index in [1.165, 1.54) is 4.31 Å². The molecule has 0 bridgehead atoms. The van der Waals surface area contributed by atoms with Crippen molar-refractivity contribution >= 4 is 21.8 Å². The number of nitrogens with one attached hydrogen (secondary N) is 2. The van der Waals surface area contributed by atoms with Gasteiger partial charge in [0.25, 0.3) is 5.91 Å². The summed E-state index contributed by atoms with van der Waals surface area (Å²) in [4.78, 5) is 26.3. The van der Waals surface area contributed by atoms with Gasteiger partial charge in [0.15, 0.2) is 11.5 Å². The van der Waals surface area contributed by atoms with E-state index >= 15 is 0 Å². The first-order valence-corrected chi connectivity index (χ1v) is 13.2. The lowest BCUT2D eigenvalue weighted by Gasteiger charge is -2.35. The number of amides is 2. The monoisotopic (exact) mass is 501 g/mol. The molecule has 0 aliphatic carbocycles. The Morgan fingerprint density at radius 1 is 0.971 bits per heavy atom. The van der Waals surface area contributed by atoms with Crippen LogP contribution in [-0.2, 0) is 14.8 Å². The molecule has 1 atom stereocenters. The third-order valence-corrected chi connectivity index (χ3v) is 8.18. The van der Waals surface area contributed by atoms with Crippen molar-refractivity contribution in [2.24, 2.45) is 5.92 Å². The Labute approximate surface area is 205 Å². The van der Waals surface area contributed by atoms with Crippen molar-refractivity contribution < 1.29 is 27.5 Å². The van der Waals surface area contributed by atoms with E-state index in [4.69, 9.17) is 9.47 Å². The van der Waals surface area contributed by atoms with E-state index in [-0.39, 0.29) is 42.6 Å². The predicted octanol–water partition coefficient (Wildman–Crippen LogP) is 2.45. The van der Waals surface area contributed by atoms with Gasteiger partial charge in [0.2, 0.25) is 22.7 Å². The summed E-state index contributed by atoms with van der Waals surface area (Å²) >= 11 is 0. The number of carbonyl (C=O) groups excluding carboxylic acids is 2. The van der Waals surface area contributed by atoms with Crippen LogP contribution in [0.15, 0.2) is 47.4 Å². The number of nitrogens with zero attached hydrogens (tertiary/aromatic N) is 1. The molecule has 2 aromatic carbocycles. The number of rotatable bonds is 7. The molecule has 2 aliphatic heterocycles. The molecular weight excluding hydrogens is 470 g/mol. The van der Waals surface area contributed by atoms with E-state index in [9.17, 15) is 18.0 Å². The number of piperidine rings is 1. The normalized spacial score (nSPS) is 17.3. The number of aryl methyl sites for hydroxylation is 1. The Kier molecular flexibility index (Phi) is 7.32. The Balaban J connectivity index is 1.47. The zero-order valence-corrected chi connectivity index (χ0v) is 20.9. The molecule has 2 heterocycles. The number of sulfonamides is 1. The average molecular weight is 502 g/mol. The van der Waals surface area contributed by atoms with Crippen LogP contribution in [0.4, 0.5) is 0 Å². The van der Waals surface area contributed by atoms with Crippen molar-refractivity contribution in [2.75, 3.05) is 19.9 Å². The summed E-state index contributed by atoms with van der Waals surface area (Å²) in [7, 11) is -3.62. The Morgan fingerprint density at radius 2 is 1.63 bits per heavy atom. The first kappa shape index (κ1) is 25.0. The van der Waals surface area contributed by atoms with Crippen LogP contribution in [0.2, 0.25) is 0 Å². The lowest BCUT2D eigenvalue weighted by Crippen LogP contribution is -2.54. The van der Waals surface area contributed by atoms with Gasteiger partial charge < -0.3 is 20.1 Å². The van der Waals surface area contributed by atoms with Crippen LogP contribution in [-0.4, -0.2) is 56.5 Å². The lowest BCUT2D eigenvalue weighted by molar-refractivity contribution is -0.125. The fourth-order valence-corrected chi connectivity index (χ4v) is 5.81. The summed E-state index contributed by atoms with van der Waals surface area (Å²) in [5.41, 5.74) is 1.34. The van der Waals surface area contributed by atoms with Crippen LogP contribution in [0, 0.1) is 12.8 Å². The quantitative estimate of drug-likeness (QED) is 0.603. The van der Waals surface area contributed by atoms with Gasteiger partial charge >= 0.3 is 0 Å². The van der Waals surface area contributed by atoms with E-state index in [0.717, 1.165) is 5.56 Å². The van der Waals surface area contributed by atoms with E-state index < -0.39 is 22.0 Å². The Morgan fingerprint density at radius 3 is 2.29 bits per heavy atom. The van der Waals surface area contributed by atoms with Gasteiger partial charge in [-0.2, -0.15) is 4.31 Å². The number of hydrogen-bond donors (Lipinski definition) is 2. The van der Waals surface area contributed by atoms with Crippen LogP contribution in [0.5, 0.6) is 11.5 Å². The van der Waals surface area contributed by atoms with Crippen molar-refractivity contribution in [2.45, 2.75) is 50.6 Å². The molecule has 1 fully saturated rings. The highest BCUT2D eigenvalue weighted by atomic mass is 32.2. The van der Waals surface area contributed by atoms with Crippen LogP contribution in [0.3, 0.4) is 0 Å². The van der Waals surface area contributed by atoms with Gasteiger partial charge in [0.1, 0.15) is 6.04 Å². The second-order valence-corrected chi connectivity index (χ2v) is 11.2. The summed E-state index contributed by atoms with van der Waals surface area (Å²) in [5, 5.41) is 5.76. The third kappa shape index (κ3) is 5.59. The molecule has 188 valence electrons. The lowest BCUT2D eigenvalue weighted by atomic mass is 9.89. The Bertz CT molecular complexity index is 1190. The van der Waals surface area contributed by atoms with Crippen molar-refractivity contribution in [3.63, 3.8) is 0 Å². The molecule has 1 saturated heterocycles. The average Bonchev–Trinajstić information content (AvgIpc) is 3.30. The van der Waals surface area contributed by atoms with Crippen molar-refractivity contribution in [3.05, 3.63) is 53.6 Å². The molecule has 10 heteroatoms. The molecule has 2 aliphatic rings. The van der Waals surface area contributed by atoms with Crippen molar-refractivity contribution in [3.8, 4) is 11.5 Å². The zero-order valence-electron chi connectivity index (χ0n) is 20.1. The summed E-state index contributed by atoms with van der Waals surface area (Å²) in [6, 6.07) is 10.8. The highest BCUT2D eigenvalue weighted by molar-refractivity contribution is 7.89. The van der Waals surface area contributed by atoms with Gasteiger partial charge in [0, 0.05) is 24.7 Å². The molecule has 0 radical (unpaired) electrons. The number of benzene rings is 2. The summed E-state index contributed by atoms with van der Waals surface area (Å²) in [6.45, 7) is 6.25. The van der Waals surface area contributed by atoms with Gasteiger partial charge in [-0.1, -0.05) is 17.7 Å². The predicted molar refractivity (Wildman–Crippen MR) is 130 cm³/mol. The molecule has 4 rings (SSSR count). The molecule has 9 nitrogen and oxygen atoms in total. The molecule has 35 heavy (non-hydrogen) atoms. The van der Waals surface area contributed by atoms with Crippen molar-refractivity contribution in [1.82, 2.24) is 14.9 Å². The fourth-order valence-electron chi connectivity index (χ4n) is 4.34. The molecule has 0 aromatic heterocycles. The van der Waals surface area contributed by atoms with E-state index in [1.54, 1.807) is 42.5 Å². The standard InChI is InChI=1S/C25H31N3O6S/c1-16(2)26-25(30)23(27-24(29)19-6-9-21-22(14-19)34-15-33-21)18-10-12-28(13-11-18)35(31,32)20-7-4-17(3)5-8-20/h4-9,14,16,18,23H,10-13,15H2,1-3H3,(H,26,30)(H,27,29)/t23-/m1/s1. The maximum absolute atomic E-state index is 13.1. The maximum Gasteiger partial charge on any atom is 0.252 e. The minimum absolute atomic E-state index is 0.101. The summed E-state index contributed by atoms with van der Waals surface area (Å²) < 4.78 is 38.2. The smallest absolute Gasteiger partial charge is 0.252 e. The largest absolute Gasteiger partial charge is 0.454 e. The first-order valence-electron chi connectivity index (χ1n) is 11.7. The molecule has 0 spiro atoms. The molecule has 2 amide bonds.